The van der Waals surface area contributed by atoms with E-state index in [0.29, 0.717) is 11.5 Å². The van der Waals surface area contributed by atoms with Crippen LogP contribution in [0.5, 0.6) is 11.5 Å². The number of rotatable bonds is 2. The van der Waals surface area contributed by atoms with Gasteiger partial charge in [0.15, 0.2) is 0 Å². The molecule has 0 saturated carbocycles. The second-order valence-corrected chi connectivity index (χ2v) is 10.5. The van der Waals surface area contributed by atoms with Crippen molar-refractivity contribution in [2.45, 2.75) is 66.2 Å². The van der Waals surface area contributed by atoms with Gasteiger partial charge in [-0.15, -0.1) is 0 Å². The molecule has 0 bridgehead atoms. The van der Waals surface area contributed by atoms with E-state index in [1.54, 1.807) is 0 Å². The summed E-state index contributed by atoms with van der Waals surface area (Å²) in [4.78, 5) is 0. The lowest BCUT2D eigenvalue weighted by atomic mass is 9.82. The number of hydrogen-bond acceptors (Lipinski definition) is 2. The fourth-order valence-corrected chi connectivity index (χ4v) is 3.91. The number of hydrogen-bond donors (Lipinski definition) is 2. The van der Waals surface area contributed by atoms with Crippen molar-refractivity contribution in [3.8, 4) is 33.8 Å². The molecule has 2 N–H and O–H groups in total. The molecule has 0 aromatic heterocycles. The summed E-state index contributed by atoms with van der Waals surface area (Å²) in [5, 5.41) is 21.2. The molecule has 2 heteroatoms. The lowest BCUT2D eigenvalue weighted by molar-refractivity contribution is 0.442. The van der Waals surface area contributed by atoms with Crippen molar-refractivity contribution in [2.75, 3.05) is 0 Å². The van der Waals surface area contributed by atoms with Crippen molar-refractivity contribution in [1.29, 1.82) is 0 Å². The fourth-order valence-electron chi connectivity index (χ4n) is 3.91. The van der Waals surface area contributed by atoms with E-state index >= 15 is 0 Å². The Balaban J connectivity index is 2.16. The Morgan fingerprint density at radius 2 is 0.900 bits per heavy atom. The third kappa shape index (κ3) is 4.23. The molecular formula is C28H34O2. The smallest absolute Gasteiger partial charge is 0.122 e. The van der Waals surface area contributed by atoms with Crippen molar-refractivity contribution < 1.29 is 10.2 Å². The molecule has 0 fully saturated rings. The first-order valence-corrected chi connectivity index (χ1v) is 10.6. The first-order valence-electron chi connectivity index (χ1n) is 10.6. The number of aryl methyl sites for hydroxylation is 2. The largest absolute Gasteiger partial charge is 0.507 e. The summed E-state index contributed by atoms with van der Waals surface area (Å²) >= 11 is 0. The van der Waals surface area contributed by atoms with Gasteiger partial charge in [0, 0.05) is 11.1 Å². The van der Waals surface area contributed by atoms with E-state index in [1.165, 1.54) is 0 Å². The van der Waals surface area contributed by atoms with Gasteiger partial charge in [0.2, 0.25) is 0 Å². The van der Waals surface area contributed by atoms with Gasteiger partial charge in [-0.2, -0.15) is 0 Å². The lowest BCUT2D eigenvalue weighted by Crippen LogP contribution is -2.12. The summed E-state index contributed by atoms with van der Waals surface area (Å²) in [5.74, 6) is 0.762. The Morgan fingerprint density at radius 1 is 0.533 bits per heavy atom. The van der Waals surface area contributed by atoms with Crippen LogP contribution in [0.4, 0.5) is 0 Å². The molecule has 0 aliphatic carbocycles. The number of phenols is 2. The maximum absolute atomic E-state index is 10.6. The zero-order valence-electron chi connectivity index (χ0n) is 19.5. The van der Waals surface area contributed by atoms with Crippen molar-refractivity contribution in [2.24, 2.45) is 0 Å². The Kier molecular flexibility index (Phi) is 5.49. The van der Waals surface area contributed by atoms with Crippen molar-refractivity contribution in [3.63, 3.8) is 0 Å². The number of aromatic hydroxyl groups is 2. The van der Waals surface area contributed by atoms with E-state index in [1.807, 2.05) is 26.0 Å². The van der Waals surface area contributed by atoms with E-state index < -0.39 is 0 Å². The molecule has 3 aromatic carbocycles. The maximum Gasteiger partial charge on any atom is 0.122 e. The minimum Gasteiger partial charge on any atom is -0.507 e. The van der Waals surface area contributed by atoms with Crippen LogP contribution in [-0.4, -0.2) is 10.2 Å². The van der Waals surface area contributed by atoms with Crippen LogP contribution >= 0.6 is 0 Å². The van der Waals surface area contributed by atoms with E-state index in [4.69, 9.17) is 0 Å². The minimum atomic E-state index is -0.141. The van der Waals surface area contributed by atoms with Crippen LogP contribution in [0.3, 0.4) is 0 Å². The molecule has 0 atom stereocenters. The predicted molar refractivity (Wildman–Crippen MR) is 128 cm³/mol. The summed E-state index contributed by atoms with van der Waals surface area (Å²) in [5.41, 5.74) is 7.84. The Hall–Kier alpha value is -2.74. The Bertz CT molecular complexity index is 1010. The highest BCUT2D eigenvalue weighted by molar-refractivity contribution is 5.76. The van der Waals surface area contributed by atoms with E-state index in [2.05, 4.69) is 77.9 Å². The molecule has 30 heavy (non-hydrogen) atoms. The molecule has 0 aliphatic heterocycles. The third-order valence-corrected chi connectivity index (χ3v) is 5.75. The van der Waals surface area contributed by atoms with E-state index in [9.17, 15) is 10.2 Å². The molecule has 0 spiro atoms. The molecule has 0 unspecified atom stereocenters. The summed E-state index contributed by atoms with van der Waals surface area (Å²) in [6, 6.07) is 16.8. The lowest BCUT2D eigenvalue weighted by Gasteiger charge is -2.23. The van der Waals surface area contributed by atoms with E-state index in [-0.39, 0.29) is 10.8 Å². The summed E-state index contributed by atoms with van der Waals surface area (Å²) in [6.45, 7) is 16.6. The van der Waals surface area contributed by atoms with Gasteiger partial charge < -0.3 is 10.2 Å². The van der Waals surface area contributed by atoms with Crippen molar-refractivity contribution in [3.05, 3.63) is 70.8 Å². The zero-order valence-corrected chi connectivity index (χ0v) is 19.5. The van der Waals surface area contributed by atoms with Crippen LogP contribution in [0.1, 0.15) is 63.8 Å². The Labute approximate surface area is 181 Å². The van der Waals surface area contributed by atoms with Crippen LogP contribution in [0.15, 0.2) is 48.5 Å². The fraction of sp³-hybridized carbons (Fsp3) is 0.357. The molecule has 0 aliphatic rings. The monoisotopic (exact) mass is 402 g/mol. The van der Waals surface area contributed by atoms with Gasteiger partial charge in [0.1, 0.15) is 11.5 Å². The second kappa shape index (κ2) is 7.50. The highest BCUT2D eigenvalue weighted by Gasteiger charge is 2.22. The van der Waals surface area contributed by atoms with Crippen LogP contribution in [0.2, 0.25) is 0 Å². The van der Waals surface area contributed by atoms with E-state index in [0.717, 1.165) is 44.5 Å². The van der Waals surface area contributed by atoms with Crippen molar-refractivity contribution in [1.82, 2.24) is 0 Å². The topological polar surface area (TPSA) is 40.5 Å². The standard InChI is InChI=1S/C28H34O2/c1-17-12-21(15-23(25(17)29)27(3,4)5)19-10-9-11-20(14-19)22-13-18(2)26(30)24(16-22)28(6,7)8/h9-16,29-30H,1-8H3. The number of phenolic OH excluding ortho intramolecular Hbond substituents is 2. The average molecular weight is 403 g/mol. The SMILES string of the molecule is Cc1cc(-c2cccc(-c3cc(C)c(O)c(C(C)(C)C)c3)c2)cc(C(C)(C)C)c1O. The second-order valence-electron chi connectivity index (χ2n) is 10.5. The quantitative estimate of drug-likeness (QED) is 0.462. The zero-order chi connectivity index (χ0) is 22.4. The van der Waals surface area contributed by atoms with Crippen LogP contribution in [-0.2, 0) is 10.8 Å². The van der Waals surface area contributed by atoms with Crippen LogP contribution < -0.4 is 0 Å². The van der Waals surface area contributed by atoms with Gasteiger partial charge in [0.25, 0.3) is 0 Å². The molecule has 3 rings (SSSR count). The Morgan fingerprint density at radius 3 is 1.23 bits per heavy atom. The number of benzene rings is 3. The van der Waals surface area contributed by atoms with Gasteiger partial charge in [-0.25, -0.2) is 0 Å². The predicted octanol–water partition coefficient (Wildman–Crippen LogP) is 7.64. The normalized spacial score (nSPS) is 12.3. The van der Waals surface area contributed by atoms with Gasteiger partial charge in [0.05, 0.1) is 0 Å². The summed E-state index contributed by atoms with van der Waals surface area (Å²) in [6.07, 6.45) is 0. The van der Waals surface area contributed by atoms with Gasteiger partial charge in [-0.3, -0.25) is 0 Å². The summed E-state index contributed by atoms with van der Waals surface area (Å²) < 4.78 is 0. The third-order valence-electron chi connectivity index (χ3n) is 5.75. The molecule has 158 valence electrons. The highest BCUT2D eigenvalue weighted by atomic mass is 16.3. The highest BCUT2D eigenvalue weighted by Crippen LogP contribution is 2.40. The summed E-state index contributed by atoms with van der Waals surface area (Å²) in [7, 11) is 0. The van der Waals surface area contributed by atoms with Crippen LogP contribution in [0.25, 0.3) is 22.3 Å². The first-order chi connectivity index (χ1) is 13.8. The van der Waals surface area contributed by atoms with Crippen molar-refractivity contribution >= 4 is 0 Å². The molecular weight excluding hydrogens is 368 g/mol. The maximum atomic E-state index is 10.6. The molecule has 0 radical (unpaired) electrons. The van der Waals surface area contributed by atoms with Crippen LogP contribution in [0, 0.1) is 13.8 Å². The molecule has 0 amide bonds. The molecule has 3 aromatic rings. The minimum absolute atomic E-state index is 0.141. The molecule has 0 saturated heterocycles. The van der Waals surface area contributed by atoms with Gasteiger partial charge in [-0.05, 0) is 88.4 Å². The molecule has 0 heterocycles. The van der Waals surface area contributed by atoms with Gasteiger partial charge in [-0.1, -0.05) is 59.7 Å². The molecule has 2 nitrogen and oxygen atoms in total. The first kappa shape index (κ1) is 22.0. The van der Waals surface area contributed by atoms with Gasteiger partial charge >= 0.3 is 0 Å². The average Bonchev–Trinajstić information content (AvgIpc) is 2.64.